The Morgan fingerprint density at radius 2 is 1.96 bits per heavy atom. The van der Waals surface area contributed by atoms with E-state index in [4.69, 9.17) is 10.7 Å². The number of anilines is 1. The van der Waals surface area contributed by atoms with Crippen molar-refractivity contribution < 1.29 is 5.11 Å². The molecule has 0 spiro atoms. The van der Waals surface area contributed by atoms with Crippen molar-refractivity contribution in [3.63, 3.8) is 0 Å². The molecule has 6 nitrogen and oxygen atoms in total. The first-order valence-corrected chi connectivity index (χ1v) is 9.08. The Morgan fingerprint density at radius 3 is 2.63 bits per heavy atom. The van der Waals surface area contributed by atoms with Crippen LogP contribution < -0.4 is 5.73 Å². The lowest BCUT2D eigenvalue weighted by molar-refractivity contribution is 0.0619. The molecule has 6 heteroatoms. The van der Waals surface area contributed by atoms with Crippen LogP contribution in [-0.2, 0) is 13.0 Å². The van der Waals surface area contributed by atoms with Gasteiger partial charge in [-0.25, -0.2) is 9.97 Å². The second-order valence-electron chi connectivity index (χ2n) is 7.45. The number of pyridine rings is 2. The summed E-state index contributed by atoms with van der Waals surface area (Å²) in [6.07, 6.45) is 4.34. The highest BCUT2D eigenvalue weighted by molar-refractivity contribution is 6.07. The molecule has 3 N–H and O–H groups in total. The van der Waals surface area contributed by atoms with Gasteiger partial charge in [-0.1, -0.05) is 25.1 Å². The van der Waals surface area contributed by atoms with Crippen LogP contribution in [0.4, 0.5) is 5.82 Å². The van der Waals surface area contributed by atoms with Gasteiger partial charge in [0.15, 0.2) is 5.82 Å². The number of aryl methyl sites for hydroxylation is 1. The molecule has 0 bridgehead atoms. The number of aromatic nitrogens is 4. The first-order chi connectivity index (χ1) is 12.9. The van der Waals surface area contributed by atoms with Crippen molar-refractivity contribution in [2.75, 3.05) is 5.73 Å². The lowest BCUT2D eigenvalue weighted by Crippen LogP contribution is -2.27. The molecular weight excluding hydrogens is 338 g/mol. The van der Waals surface area contributed by atoms with Crippen molar-refractivity contribution in [3.8, 4) is 11.1 Å². The van der Waals surface area contributed by atoms with Gasteiger partial charge in [0.2, 0.25) is 0 Å². The molecule has 3 aromatic heterocycles. The lowest BCUT2D eigenvalue weighted by Gasteiger charge is -2.20. The van der Waals surface area contributed by atoms with Crippen molar-refractivity contribution in [2.24, 2.45) is 0 Å². The molecule has 0 saturated carbocycles. The van der Waals surface area contributed by atoms with Crippen LogP contribution in [0.1, 0.15) is 26.6 Å². The number of nitrogens with zero attached hydrogens (tertiary/aromatic N) is 4. The fourth-order valence-corrected chi connectivity index (χ4v) is 3.50. The summed E-state index contributed by atoms with van der Waals surface area (Å²) in [4.78, 5) is 13.5. The van der Waals surface area contributed by atoms with Crippen LogP contribution in [0.15, 0.2) is 42.7 Å². The van der Waals surface area contributed by atoms with Gasteiger partial charge in [-0.15, -0.1) is 0 Å². The Hall–Kier alpha value is -2.99. The summed E-state index contributed by atoms with van der Waals surface area (Å²) >= 11 is 0. The van der Waals surface area contributed by atoms with Gasteiger partial charge in [-0.2, -0.15) is 0 Å². The van der Waals surface area contributed by atoms with E-state index in [0.717, 1.165) is 39.8 Å². The molecule has 0 aliphatic rings. The first kappa shape index (κ1) is 17.4. The molecule has 27 heavy (non-hydrogen) atoms. The number of hydrogen-bond acceptors (Lipinski definition) is 5. The molecule has 0 radical (unpaired) electrons. The molecule has 3 heterocycles. The van der Waals surface area contributed by atoms with Crippen LogP contribution in [0, 0.1) is 0 Å². The Bertz CT molecular complexity index is 1130. The van der Waals surface area contributed by atoms with Crippen molar-refractivity contribution in [2.45, 2.75) is 39.3 Å². The minimum atomic E-state index is -0.864. The van der Waals surface area contributed by atoms with Gasteiger partial charge in [0, 0.05) is 29.8 Å². The van der Waals surface area contributed by atoms with E-state index >= 15 is 0 Å². The molecular formula is C21H23N5O. The first-order valence-electron chi connectivity index (χ1n) is 9.08. The van der Waals surface area contributed by atoms with E-state index in [2.05, 4.69) is 33.6 Å². The predicted octanol–water partition coefficient (Wildman–Crippen LogP) is 3.56. The fourth-order valence-electron chi connectivity index (χ4n) is 3.50. The SMILES string of the molecule is CCc1nc2c(N)nc3cc(-c4cccnc4)ccc3c2n1CC(C)(C)O. The largest absolute Gasteiger partial charge is 0.389 e. The average molecular weight is 361 g/mol. The Balaban J connectivity index is 2.01. The molecule has 1 aromatic carbocycles. The van der Waals surface area contributed by atoms with Crippen molar-refractivity contribution in [3.05, 3.63) is 48.5 Å². The molecule has 138 valence electrons. The number of benzene rings is 1. The van der Waals surface area contributed by atoms with Crippen molar-refractivity contribution in [1.82, 2.24) is 19.5 Å². The minimum Gasteiger partial charge on any atom is -0.389 e. The molecule has 0 fully saturated rings. The summed E-state index contributed by atoms with van der Waals surface area (Å²) < 4.78 is 2.07. The predicted molar refractivity (Wildman–Crippen MR) is 108 cm³/mol. The topological polar surface area (TPSA) is 89.9 Å². The highest BCUT2D eigenvalue weighted by Crippen LogP contribution is 2.32. The van der Waals surface area contributed by atoms with Crippen LogP contribution in [0.3, 0.4) is 0 Å². The number of fused-ring (bicyclic) bond motifs is 3. The standard InChI is InChI=1S/C21H23N5O/c1-4-17-25-18-19(26(17)12-21(2,3)27)15-8-7-13(10-16(15)24-20(18)22)14-6-5-9-23-11-14/h5-11,27H,4,12H2,1-3H3,(H2,22,24). The third kappa shape index (κ3) is 3.13. The van der Waals surface area contributed by atoms with Crippen LogP contribution in [0.5, 0.6) is 0 Å². The highest BCUT2D eigenvalue weighted by atomic mass is 16.3. The Morgan fingerprint density at radius 1 is 1.15 bits per heavy atom. The Kier molecular flexibility index (Phi) is 4.08. The zero-order chi connectivity index (χ0) is 19.2. The minimum absolute atomic E-state index is 0.407. The summed E-state index contributed by atoms with van der Waals surface area (Å²) in [5.41, 5.74) is 9.87. The molecule has 0 aliphatic carbocycles. The summed E-state index contributed by atoms with van der Waals surface area (Å²) in [5.74, 6) is 1.30. The number of nitrogens with two attached hydrogens (primary N) is 1. The van der Waals surface area contributed by atoms with Crippen molar-refractivity contribution in [1.29, 1.82) is 0 Å². The zero-order valence-corrected chi connectivity index (χ0v) is 15.8. The third-order valence-corrected chi connectivity index (χ3v) is 4.64. The van der Waals surface area contributed by atoms with Crippen LogP contribution in [0.2, 0.25) is 0 Å². The van der Waals surface area contributed by atoms with Crippen LogP contribution >= 0.6 is 0 Å². The van der Waals surface area contributed by atoms with Crippen molar-refractivity contribution >= 4 is 27.8 Å². The molecule has 4 aromatic rings. The molecule has 4 rings (SSSR count). The maximum absolute atomic E-state index is 10.4. The fraction of sp³-hybridized carbons (Fsp3) is 0.286. The maximum Gasteiger partial charge on any atom is 0.152 e. The van der Waals surface area contributed by atoms with E-state index in [1.54, 1.807) is 20.0 Å². The molecule has 0 unspecified atom stereocenters. The van der Waals surface area contributed by atoms with E-state index in [1.807, 2.05) is 24.4 Å². The number of aliphatic hydroxyl groups is 1. The number of rotatable bonds is 4. The number of imidazole rings is 1. The van der Waals surface area contributed by atoms with Gasteiger partial charge in [-0.3, -0.25) is 4.98 Å². The molecule has 0 aliphatic heterocycles. The van der Waals surface area contributed by atoms with Gasteiger partial charge in [-0.05, 0) is 31.5 Å². The summed E-state index contributed by atoms with van der Waals surface area (Å²) in [7, 11) is 0. The van der Waals surface area contributed by atoms with Gasteiger partial charge in [0.25, 0.3) is 0 Å². The third-order valence-electron chi connectivity index (χ3n) is 4.64. The van der Waals surface area contributed by atoms with E-state index in [9.17, 15) is 5.11 Å². The van der Waals surface area contributed by atoms with E-state index in [0.29, 0.717) is 17.9 Å². The van der Waals surface area contributed by atoms with Gasteiger partial charge >= 0.3 is 0 Å². The van der Waals surface area contributed by atoms with E-state index in [1.165, 1.54) is 0 Å². The van der Waals surface area contributed by atoms with Crippen LogP contribution in [-0.4, -0.2) is 30.2 Å². The Labute approximate surface area is 157 Å². The van der Waals surface area contributed by atoms with Crippen LogP contribution in [0.25, 0.3) is 33.1 Å². The second kappa shape index (κ2) is 6.32. The van der Waals surface area contributed by atoms with E-state index < -0.39 is 5.60 Å². The van der Waals surface area contributed by atoms with E-state index in [-0.39, 0.29) is 0 Å². The smallest absolute Gasteiger partial charge is 0.152 e. The zero-order valence-electron chi connectivity index (χ0n) is 15.8. The average Bonchev–Trinajstić information content (AvgIpc) is 2.99. The summed E-state index contributed by atoms with van der Waals surface area (Å²) in [6.45, 7) is 6.08. The molecule has 0 atom stereocenters. The quantitative estimate of drug-likeness (QED) is 0.580. The molecule has 0 saturated heterocycles. The summed E-state index contributed by atoms with van der Waals surface area (Å²) in [6, 6.07) is 10.1. The number of nitrogen functional groups attached to an aromatic ring is 1. The van der Waals surface area contributed by atoms with Gasteiger partial charge in [0.05, 0.1) is 23.2 Å². The maximum atomic E-state index is 10.4. The van der Waals surface area contributed by atoms with Gasteiger partial charge in [0.1, 0.15) is 11.3 Å². The molecule has 0 amide bonds. The lowest BCUT2D eigenvalue weighted by atomic mass is 10.0. The van der Waals surface area contributed by atoms with Gasteiger partial charge < -0.3 is 15.4 Å². The normalized spacial score (nSPS) is 12.1. The summed E-state index contributed by atoms with van der Waals surface area (Å²) in [5, 5.41) is 11.4. The monoisotopic (exact) mass is 361 g/mol. The number of hydrogen-bond donors (Lipinski definition) is 2. The highest BCUT2D eigenvalue weighted by Gasteiger charge is 2.21. The second-order valence-corrected chi connectivity index (χ2v) is 7.45.